The largest absolute Gasteiger partial charge is 0.395 e. The molecule has 0 bridgehead atoms. The Bertz CT molecular complexity index is 492. The summed E-state index contributed by atoms with van der Waals surface area (Å²) in [5.41, 5.74) is -2.05. The molecule has 3 rings (SSSR count). The minimum Gasteiger partial charge on any atom is -0.212 e. The molecule has 0 heterocycles. The first kappa shape index (κ1) is 14.0. The molecule has 3 aliphatic carbocycles. The maximum absolute atomic E-state index is 13.2. The van der Waals surface area contributed by atoms with Crippen molar-refractivity contribution < 1.29 is 21.6 Å². The van der Waals surface area contributed by atoms with Crippen molar-refractivity contribution >= 4 is 19.7 Å². The van der Waals surface area contributed by atoms with Crippen molar-refractivity contribution in [2.24, 2.45) is 16.2 Å². The number of rotatable bonds is 2. The highest BCUT2D eigenvalue weighted by molar-refractivity contribution is 8.13. The highest BCUT2D eigenvalue weighted by Crippen LogP contribution is 2.77. The van der Waals surface area contributed by atoms with Crippen LogP contribution in [0.5, 0.6) is 0 Å². The minimum absolute atomic E-state index is 0.0583. The van der Waals surface area contributed by atoms with Gasteiger partial charge in [-0.25, -0.2) is 8.42 Å². The van der Waals surface area contributed by atoms with Gasteiger partial charge in [-0.2, -0.15) is 13.2 Å². The van der Waals surface area contributed by atoms with Gasteiger partial charge in [-0.3, -0.25) is 0 Å². The zero-order valence-electron chi connectivity index (χ0n) is 10.4. The fourth-order valence-electron chi connectivity index (χ4n) is 4.92. The monoisotopic (exact) mass is 316 g/mol. The van der Waals surface area contributed by atoms with E-state index in [9.17, 15) is 21.6 Å². The Morgan fingerprint density at radius 3 is 1.84 bits per heavy atom. The topological polar surface area (TPSA) is 34.1 Å². The summed E-state index contributed by atoms with van der Waals surface area (Å²) < 4.78 is 61.6. The molecule has 0 aliphatic heterocycles. The van der Waals surface area contributed by atoms with Crippen LogP contribution in [0.25, 0.3) is 0 Å². The maximum Gasteiger partial charge on any atom is 0.395 e. The van der Waals surface area contributed by atoms with Crippen molar-refractivity contribution in [3.05, 3.63) is 0 Å². The van der Waals surface area contributed by atoms with Gasteiger partial charge in [0.15, 0.2) is 0 Å². The average Bonchev–Trinajstić information content (AvgIpc) is 1.98. The van der Waals surface area contributed by atoms with E-state index in [0.29, 0.717) is 5.41 Å². The first-order valence-electron chi connectivity index (χ1n) is 6.48. The Balaban J connectivity index is 1.73. The molecule has 3 fully saturated rings. The molecular weight excluding hydrogens is 301 g/mol. The van der Waals surface area contributed by atoms with Gasteiger partial charge in [0, 0.05) is 10.7 Å². The number of hydrogen-bond donors (Lipinski definition) is 0. The summed E-state index contributed by atoms with van der Waals surface area (Å²) in [5, 5.41) is 0. The zero-order chi connectivity index (χ0) is 14.2. The van der Waals surface area contributed by atoms with Crippen LogP contribution in [0.4, 0.5) is 13.2 Å². The summed E-state index contributed by atoms with van der Waals surface area (Å²) in [4.78, 5) is 0. The molecule has 0 saturated heterocycles. The van der Waals surface area contributed by atoms with Crippen LogP contribution in [0, 0.1) is 16.2 Å². The molecule has 110 valence electrons. The molecule has 3 aliphatic rings. The Labute approximate surface area is 115 Å². The van der Waals surface area contributed by atoms with Gasteiger partial charge in [0.2, 0.25) is 9.05 Å². The Morgan fingerprint density at radius 1 is 1.00 bits per heavy atom. The second-order valence-corrected chi connectivity index (χ2v) is 9.80. The number of halogens is 4. The molecule has 0 unspecified atom stereocenters. The summed E-state index contributed by atoms with van der Waals surface area (Å²) in [6.45, 7) is 0. The lowest BCUT2D eigenvalue weighted by Crippen LogP contribution is -2.65. The van der Waals surface area contributed by atoms with E-state index in [1.54, 1.807) is 0 Å². The molecule has 2 nitrogen and oxygen atoms in total. The van der Waals surface area contributed by atoms with E-state index in [0.717, 1.165) is 25.7 Å². The third-order valence-electron chi connectivity index (χ3n) is 5.39. The molecule has 0 aromatic heterocycles. The second-order valence-electron chi connectivity index (χ2n) is 7.02. The van der Waals surface area contributed by atoms with Crippen molar-refractivity contribution in [1.82, 2.24) is 0 Å². The molecule has 3 saturated carbocycles. The Morgan fingerprint density at radius 2 is 1.53 bits per heavy atom. The summed E-state index contributed by atoms with van der Waals surface area (Å²) >= 11 is 0. The molecular formula is C12H16ClF3O2S. The fraction of sp³-hybridized carbons (Fsp3) is 1.00. The molecule has 0 N–H and O–H groups in total. The Hall–Kier alpha value is 0.0300. The lowest BCUT2D eigenvalue weighted by atomic mass is 9.35. The van der Waals surface area contributed by atoms with Crippen LogP contribution < -0.4 is 0 Å². The van der Waals surface area contributed by atoms with Crippen molar-refractivity contribution in [1.29, 1.82) is 0 Å². The molecule has 0 aromatic carbocycles. The lowest BCUT2D eigenvalue weighted by Gasteiger charge is -2.70. The fourth-order valence-corrected chi connectivity index (χ4v) is 6.57. The van der Waals surface area contributed by atoms with Crippen molar-refractivity contribution in [2.45, 2.75) is 51.1 Å². The van der Waals surface area contributed by atoms with Gasteiger partial charge in [-0.15, -0.1) is 0 Å². The van der Waals surface area contributed by atoms with E-state index >= 15 is 0 Å². The van der Waals surface area contributed by atoms with Crippen LogP contribution >= 0.6 is 10.7 Å². The predicted molar refractivity (Wildman–Crippen MR) is 65.3 cm³/mol. The van der Waals surface area contributed by atoms with Gasteiger partial charge in [0.25, 0.3) is 0 Å². The van der Waals surface area contributed by atoms with Crippen LogP contribution in [-0.2, 0) is 9.05 Å². The first-order valence-corrected chi connectivity index (χ1v) is 8.96. The van der Waals surface area contributed by atoms with E-state index < -0.39 is 26.4 Å². The van der Waals surface area contributed by atoms with Gasteiger partial charge >= 0.3 is 6.18 Å². The molecule has 0 radical (unpaired) electrons. The summed E-state index contributed by atoms with van der Waals surface area (Å²) in [6.07, 6.45) is 0.525. The van der Waals surface area contributed by atoms with E-state index in [-0.39, 0.29) is 18.3 Å². The van der Waals surface area contributed by atoms with E-state index in [1.807, 2.05) is 0 Å². The molecule has 0 amide bonds. The van der Waals surface area contributed by atoms with Crippen molar-refractivity contribution in [3.63, 3.8) is 0 Å². The third kappa shape index (κ3) is 2.09. The molecule has 0 aromatic rings. The van der Waals surface area contributed by atoms with Crippen LogP contribution in [-0.4, -0.2) is 20.3 Å². The number of hydrogen-bond acceptors (Lipinski definition) is 2. The summed E-state index contributed by atoms with van der Waals surface area (Å²) in [7, 11) is 0.929. The maximum atomic E-state index is 13.2. The van der Waals surface area contributed by atoms with E-state index in [2.05, 4.69) is 0 Å². The van der Waals surface area contributed by atoms with Gasteiger partial charge in [-0.05, 0) is 49.4 Å². The Kier molecular flexibility index (Phi) is 2.66. The normalized spacial score (nSPS) is 30.5. The average molecular weight is 317 g/mol. The molecule has 2 spiro atoms. The third-order valence-corrected chi connectivity index (χ3v) is 6.62. The molecule has 19 heavy (non-hydrogen) atoms. The van der Waals surface area contributed by atoms with Gasteiger partial charge in [-0.1, -0.05) is 6.42 Å². The van der Waals surface area contributed by atoms with Crippen LogP contribution in [0.3, 0.4) is 0 Å². The van der Waals surface area contributed by atoms with Crippen LogP contribution in [0.15, 0.2) is 0 Å². The van der Waals surface area contributed by atoms with Gasteiger partial charge < -0.3 is 0 Å². The smallest absolute Gasteiger partial charge is 0.212 e. The van der Waals surface area contributed by atoms with Crippen LogP contribution in [0.1, 0.15) is 44.9 Å². The van der Waals surface area contributed by atoms with Crippen LogP contribution in [0.2, 0.25) is 0 Å². The minimum atomic E-state index is -4.48. The van der Waals surface area contributed by atoms with Crippen molar-refractivity contribution in [3.8, 4) is 0 Å². The van der Waals surface area contributed by atoms with Crippen molar-refractivity contribution in [2.75, 3.05) is 5.75 Å². The van der Waals surface area contributed by atoms with E-state index in [4.69, 9.17) is 10.7 Å². The second kappa shape index (κ2) is 3.62. The standard InChI is InChI=1S/C12H16ClF3O2S/c13-19(17,18)8-11(12(14,15)16)6-10(7-11)4-9(5-10)2-1-3-9/h1-8H2. The van der Waals surface area contributed by atoms with E-state index in [1.165, 1.54) is 6.42 Å². The first-order chi connectivity index (χ1) is 8.49. The molecule has 0 atom stereocenters. The highest BCUT2D eigenvalue weighted by Gasteiger charge is 2.73. The number of alkyl halides is 3. The predicted octanol–water partition coefficient (Wildman–Crippen LogP) is 3.85. The SMILES string of the molecule is O=S(=O)(Cl)CC1(C(F)(F)F)CC2(CC3(CCC3)C2)C1. The summed E-state index contributed by atoms with van der Waals surface area (Å²) in [5.74, 6) is -0.972. The lowest BCUT2D eigenvalue weighted by molar-refractivity contribution is -0.306. The zero-order valence-corrected chi connectivity index (χ0v) is 12.0. The molecule has 7 heteroatoms. The van der Waals surface area contributed by atoms with Gasteiger partial charge in [0.1, 0.15) is 0 Å². The summed E-state index contributed by atoms with van der Waals surface area (Å²) in [6, 6.07) is 0. The quantitative estimate of drug-likeness (QED) is 0.725. The van der Waals surface area contributed by atoms with Gasteiger partial charge in [0.05, 0.1) is 11.2 Å². The highest BCUT2D eigenvalue weighted by atomic mass is 35.7.